The Kier molecular flexibility index (Phi) is 8.82. The third-order valence-corrected chi connectivity index (χ3v) is 14.1. The molecule has 0 saturated heterocycles. The molecule has 0 radical (unpaired) electrons. The third kappa shape index (κ3) is 6.03. The Bertz CT molecular complexity index is 3350. The first kappa shape index (κ1) is 38.6. The molecule has 2 aromatic heterocycles. The molecular formula is C59H50N2O2. The summed E-state index contributed by atoms with van der Waals surface area (Å²) >= 11 is 0. The number of benzene rings is 9. The minimum Gasteiger partial charge on any atom is -0.456 e. The Hall–Kier alpha value is -7.30. The van der Waals surface area contributed by atoms with E-state index in [4.69, 9.17) is 8.83 Å². The lowest BCUT2D eigenvalue weighted by atomic mass is 9.99. The molecule has 0 amide bonds. The Morgan fingerprint density at radius 3 is 1.00 bits per heavy atom. The number of hydrogen-bond acceptors (Lipinski definition) is 4. The highest BCUT2D eigenvalue weighted by molar-refractivity contribution is 6.20. The zero-order valence-corrected chi connectivity index (χ0v) is 37.5. The van der Waals surface area contributed by atoms with Gasteiger partial charge in [0.25, 0.3) is 0 Å². The lowest BCUT2D eigenvalue weighted by Crippen LogP contribution is -2.13. The van der Waals surface area contributed by atoms with Crippen LogP contribution in [0.3, 0.4) is 0 Å². The van der Waals surface area contributed by atoms with Crippen LogP contribution in [-0.4, -0.2) is 0 Å². The second-order valence-corrected chi connectivity index (χ2v) is 17.8. The molecule has 4 heteroatoms. The summed E-state index contributed by atoms with van der Waals surface area (Å²) in [6, 6.07) is 51.2. The Balaban J connectivity index is 1.04. The van der Waals surface area contributed by atoms with Gasteiger partial charge in [-0.05, 0) is 207 Å². The normalized spacial score (nSPS) is 11.9. The largest absolute Gasteiger partial charge is 0.456 e. The number of fused-ring (bicyclic) bond motifs is 8. The second kappa shape index (κ2) is 14.4. The summed E-state index contributed by atoms with van der Waals surface area (Å²) in [4.78, 5) is 4.82. The molecule has 308 valence electrons. The number of nitrogens with zero attached hydrogens (tertiary/aromatic N) is 2. The predicted octanol–water partition coefficient (Wildman–Crippen LogP) is 17.5. The van der Waals surface area contributed by atoms with Crippen LogP contribution in [0.25, 0.3) is 65.4 Å². The number of hydrogen-bond donors (Lipinski definition) is 0. The first-order valence-corrected chi connectivity index (χ1v) is 22.0. The van der Waals surface area contributed by atoms with E-state index in [1.165, 1.54) is 78.0 Å². The van der Waals surface area contributed by atoms with E-state index in [1.807, 2.05) is 0 Å². The maximum atomic E-state index is 6.80. The SMILES string of the molecule is Cc1cccc(N(c2ccc3cc4c(cc3c2)oc2c(C)c3oc5cc6cc(N(c7cccc(C)c7C)c7cccc(C)c7C)ccc6cc5c3cc24)c2cccc(C)c2C)c1C. The molecule has 0 aliphatic rings. The topological polar surface area (TPSA) is 32.8 Å². The minimum absolute atomic E-state index is 0.865. The van der Waals surface area contributed by atoms with Crippen LogP contribution in [0.5, 0.6) is 0 Å². The molecule has 0 aliphatic heterocycles. The van der Waals surface area contributed by atoms with Crippen molar-refractivity contribution >= 4 is 99.5 Å². The molecule has 0 unspecified atom stereocenters. The van der Waals surface area contributed by atoms with Gasteiger partial charge in [-0.3, -0.25) is 0 Å². The Labute approximate surface area is 368 Å². The van der Waals surface area contributed by atoms with E-state index >= 15 is 0 Å². The summed E-state index contributed by atoms with van der Waals surface area (Å²) < 4.78 is 13.6. The molecule has 63 heavy (non-hydrogen) atoms. The summed E-state index contributed by atoms with van der Waals surface area (Å²) in [6.07, 6.45) is 0. The van der Waals surface area contributed by atoms with Crippen LogP contribution in [-0.2, 0) is 0 Å². The smallest absolute Gasteiger partial charge is 0.142 e. The molecule has 0 N–H and O–H groups in total. The quantitative estimate of drug-likeness (QED) is 0.167. The molecule has 4 nitrogen and oxygen atoms in total. The van der Waals surface area contributed by atoms with E-state index in [0.29, 0.717) is 0 Å². The van der Waals surface area contributed by atoms with Gasteiger partial charge in [0.05, 0.1) is 0 Å². The van der Waals surface area contributed by atoms with Crippen molar-refractivity contribution < 1.29 is 8.83 Å². The number of rotatable bonds is 6. The Morgan fingerprint density at radius 1 is 0.302 bits per heavy atom. The van der Waals surface area contributed by atoms with Crippen LogP contribution in [0.4, 0.5) is 34.1 Å². The highest BCUT2D eigenvalue weighted by Crippen LogP contribution is 2.46. The average molecular weight is 819 g/mol. The van der Waals surface area contributed by atoms with E-state index in [1.54, 1.807) is 0 Å². The van der Waals surface area contributed by atoms with Crippen molar-refractivity contribution in [1.29, 1.82) is 0 Å². The molecule has 11 rings (SSSR count). The van der Waals surface area contributed by atoms with Gasteiger partial charge in [0.1, 0.15) is 22.3 Å². The van der Waals surface area contributed by atoms with Gasteiger partial charge >= 0.3 is 0 Å². The third-order valence-electron chi connectivity index (χ3n) is 14.1. The van der Waals surface area contributed by atoms with Crippen molar-refractivity contribution in [3.63, 3.8) is 0 Å². The molecule has 9 aromatic carbocycles. The van der Waals surface area contributed by atoms with Crippen LogP contribution < -0.4 is 9.80 Å². The van der Waals surface area contributed by atoms with Crippen LogP contribution >= 0.6 is 0 Å². The summed E-state index contributed by atoms with van der Waals surface area (Å²) in [5, 5.41) is 9.01. The molecule has 0 saturated carbocycles. The van der Waals surface area contributed by atoms with Gasteiger partial charge in [-0.25, -0.2) is 0 Å². The number of anilines is 6. The highest BCUT2D eigenvalue weighted by atomic mass is 16.3. The highest BCUT2D eigenvalue weighted by Gasteiger charge is 2.23. The molecule has 0 aliphatic carbocycles. The van der Waals surface area contributed by atoms with Gasteiger partial charge in [-0.1, -0.05) is 60.7 Å². The van der Waals surface area contributed by atoms with Gasteiger partial charge in [0.15, 0.2) is 0 Å². The fraction of sp³-hybridized carbons (Fsp3) is 0.153. The number of furan rings is 2. The fourth-order valence-corrected chi connectivity index (χ4v) is 9.79. The molecule has 2 heterocycles. The average Bonchev–Trinajstić information content (AvgIpc) is 3.82. The van der Waals surface area contributed by atoms with Crippen molar-refractivity contribution in [3.05, 3.63) is 190 Å². The first-order valence-electron chi connectivity index (χ1n) is 22.0. The van der Waals surface area contributed by atoms with E-state index in [-0.39, 0.29) is 0 Å². The second-order valence-electron chi connectivity index (χ2n) is 17.8. The van der Waals surface area contributed by atoms with Gasteiger partial charge in [-0.2, -0.15) is 0 Å². The molecule has 0 spiro atoms. The predicted molar refractivity (Wildman–Crippen MR) is 268 cm³/mol. The monoisotopic (exact) mass is 818 g/mol. The lowest BCUT2D eigenvalue weighted by Gasteiger charge is -2.30. The van der Waals surface area contributed by atoms with E-state index < -0.39 is 0 Å². The molecule has 0 bridgehead atoms. The zero-order valence-electron chi connectivity index (χ0n) is 37.5. The molecule has 0 atom stereocenters. The summed E-state index contributed by atoms with van der Waals surface area (Å²) in [7, 11) is 0. The summed E-state index contributed by atoms with van der Waals surface area (Å²) in [5.74, 6) is 0. The first-order chi connectivity index (χ1) is 30.4. The zero-order chi connectivity index (χ0) is 43.4. The maximum Gasteiger partial charge on any atom is 0.142 e. The number of aryl methyl sites for hydroxylation is 5. The lowest BCUT2D eigenvalue weighted by molar-refractivity contribution is 0.651. The van der Waals surface area contributed by atoms with Crippen molar-refractivity contribution in [3.8, 4) is 0 Å². The van der Waals surface area contributed by atoms with Crippen molar-refractivity contribution in [2.45, 2.75) is 62.3 Å². The van der Waals surface area contributed by atoms with Crippen LogP contribution in [0.1, 0.15) is 50.1 Å². The summed E-state index contributed by atoms with van der Waals surface area (Å²) in [5.41, 5.74) is 21.6. The van der Waals surface area contributed by atoms with E-state index in [2.05, 4.69) is 212 Å². The maximum absolute atomic E-state index is 6.80. The van der Waals surface area contributed by atoms with Crippen LogP contribution in [0.2, 0.25) is 0 Å². The minimum atomic E-state index is 0.865. The fourth-order valence-electron chi connectivity index (χ4n) is 9.79. The van der Waals surface area contributed by atoms with E-state index in [0.717, 1.165) is 71.6 Å². The van der Waals surface area contributed by atoms with Crippen LogP contribution in [0, 0.1) is 62.3 Å². The molecular weight excluding hydrogens is 769 g/mol. The van der Waals surface area contributed by atoms with Crippen molar-refractivity contribution in [2.24, 2.45) is 0 Å². The van der Waals surface area contributed by atoms with Crippen molar-refractivity contribution in [2.75, 3.05) is 9.80 Å². The van der Waals surface area contributed by atoms with Gasteiger partial charge < -0.3 is 18.6 Å². The Morgan fingerprint density at radius 2 is 0.651 bits per heavy atom. The molecule has 0 fully saturated rings. The van der Waals surface area contributed by atoms with Gasteiger partial charge in [0.2, 0.25) is 0 Å². The van der Waals surface area contributed by atoms with Gasteiger partial charge in [-0.15, -0.1) is 0 Å². The van der Waals surface area contributed by atoms with Crippen LogP contribution in [0.15, 0.2) is 148 Å². The van der Waals surface area contributed by atoms with Gasteiger partial charge in [0, 0.05) is 61.2 Å². The molecule has 11 aromatic rings. The van der Waals surface area contributed by atoms with Crippen molar-refractivity contribution in [1.82, 2.24) is 0 Å². The van der Waals surface area contributed by atoms with E-state index in [9.17, 15) is 0 Å². The standard InChI is InChI=1S/C59H50N2O2/c1-33-14-10-18-52(37(33)5)60(53-19-11-15-34(2)38(53)6)46-24-22-42-28-48-50-32-51-49-29-43-23-25-47(61(54-20-12-16-35(3)39(54)7)55-21-13-17-36(4)40(55)8)27-45(43)31-57(49)63-59(51)41(9)58(50)62-56(48)30-44(42)26-46/h10-32H,1-9H3. The summed E-state index contributed by atoms with van der Waals surface area (Å²) in [6.45, 7) is 19.8.